The minimum absolute atomic E-state index is 0.00417. The van der Waals surface area contributed by atoms with E-state index in [1.54, 1.807) is 18.2 Å². The summed E-state index contributed by atoms with van der Waals surface area (Å²) in [5.74, 6) is -0.540. The number of amides is 1. The van der Waals surface area contributed by atoms with Gasteiger partial charge in [0.1, 0.15) is 11.2 Å². The Morgan fingerprint density at radius 2 is 1.92 bits per heavy atom. The number of aromatic nitrogens is 4. The second kappa shape index (κ2) is 11.3. The Bertz CT molecular complexity index is 1310. The van der Waals surface area contributed by atoms with E-state index in [2.05, 4.69) is 32.2 Å². The lowest BCUT2D eigenvalue weighted by molar-refractivity contribution is -0.211. The highest BCUT2D eigenvalue weighted by molar-refractivity contribution is 6.33. The number of halogens is 4. The van der Waals surface area contributed by atoms with E-state index in [9.17, 15) is 22.8 Å². The van der Waals surface area contributed by atoms with Crippen LogP contribution in [0.5, 0.6) is 5.88 Å². The van der Waals surface area contributed by atoms with Gasteiger partial charge in [-0.25, -0.2) is 14.8 Å². The number of aromatic amines is 1. The van der Waals surface area contributed by atoms with E-state index in [0.717, 1.165) is 26.7 Å². The van der Waals surface area contributed by atoms with Gasteiger partial charge >= 0.3 is 11.9 Å². The smallest absolute Gasteiger partial charge is 0.402 e. The third kappa shape index (κ3) is 6.85. The van der Waals surface area contributed by atoms with Gasteiger partial charge in [-0.05, 0) is 51.0 Å². The number of hydrogen-bond donors (Lipinski definition) is 2. The molecule has 0 radical (unpaired) electrons. The number of rotatable bonds is 9. The first-order chi connectivity index (χ1) is 17.3. The maximum absolute atomic E-state index is 13.1. The topological polar surface area (TPSA) is 110 Å². The van der Waals surface area contributed by atoms with Crippen LogP contribution < -0.4 is 15.7 Å². The summed E-state index contributed by atoms with van der Waals surface area (Å²) >= 11 is 6.32. The van der Waals surface area contributed by atoms with Crippen LogP contribution in [0.25, 0.3) is 22.8 Å². The normalized spacial score (nSPS) is 12.8. The summed E-state index contributed by atoms with van der Waals surface area (Å²) in [7, 11) is 0. The van der Waals surface area contributed by atoms with Crippen molar-refractivity contribution in [2.24, 2.45) is 5.41 Å². The predicted molar refractivity (Wildman–Crippen MR) is 133 cm³/mol. The number of pyridine rings is 1. The number of benzene rings is 1. The molecule has 2 heterocycles. The fraction of sp³-hybridized carbons (Fsp3) is 0.400. The summed E-state index contributed by atoms with van der Waals surface area (Å²) in [6, 6.07) is 7.91. The molecule has 198 valence electrons. The zero-order valence-corrected chi connectivity index (χ0v) is 21.5. The average molecular weight is 538 g/mol. The molecule has 2 aromatic heterocycles. The molecule has 0 spiro atoms. The summed E-state index contributed by atoms with van der Waals surface area (Å²) in [6.07, 6.45) is -1.35. The van der Waals surface area contributed by atoms with Crippen molar-refractivity contribution >= 4 is 17.5 Å². The quantitative estimate of drug-likeness (QED) is 0.382. The molecular weight excluding hydrogens is 511 g/mol. The van der Waals surface area contributed by atoms with Crippen LogP contribution in [-0.2, 0) is 11.3 Å². The molecule has 0 aliphatic rings. The summed E-state index contributed by atoms with van der Waals surface area (Å²) < 4.78 is 45.1. The van der Waals surface area contributed by atoms with E-state index in [1.807, 2.05) is 6.92 Å². The number of ether oxygens (including phenoxy) is 1. The van der Waals surface area contributed by atoms with E-state index >= 15 is 0 Å². The number of carbonyl (C=O) groups excluding carboxylic acids is 1. The molecule has 0 saturated heterocycles. The van der Waals surface area contributed by atoms with Crippen molar-refractivity contribution in [3.63, 3.8) is 0 Å². The molecule has 12 heteroatoms. The first-order valence-electron chi connectivity index (χ1n) is 11.6. The lowest BCUT2D eigenvalue weighted by Crippen LogP contribution is -2.46. The number of alkyl halides is 3. The van der Waals surface area contributed by atoms with Crippen LogP contribution in [0.2, 0.25) is 5.02 Å². The molecule has 0 saturated carbocycles. The van der Waals surface area contributed by atoms with Gasteiger partial charge in [-0.3, -0.25) is 9.78 Å². The summed E-state index contributed by atoms with van der Waals surface area (Å²) in [5.41, 5.74) is -2.01. The Kier molecular flexibility index (Phi) is 8.57. The molecule has 8 nitrogen and oxygen atoms in total. The number of hydrogen-bond acceptors (Lipinski definition) is 6. The molecule has 1 amide bonds. The van der Waals surface area contributed by atoms with Gasteiger partial charge in [-0.15, -0.1) is 0 Å². The molecule has 3 rings (SSSR count). The Hall–Kier alpha value is -3.47. The zero-order chi connectivity index (χ0) is 27.4. The van der Waals surface area contributed by atoms with Crippen LogP contribution >= 0.6 is 11.6 Å². The SMILES string of the molecule is CCC[C@H](C)Oc1ccc(-c2nc(-c3cc(CNC(=O)C(C)(C)C(F)(F)F)ccc3Cl)[nH]c(=O)n2)cn1. The van der Waals surface area contributed by atoms with Crippen molar-refractivity contribution in [3.8, 4) is 28.7 Å². The fourth-order valence-corrected chi connectivity index (χ4v) is 3.50. The standard InChI is InChI=1S/C25H27ClF3N5O3/c1-5-6-14(2)37-19-10-8-16(13-30-19)20-32-21(34-23(36)33-20)17-11-15(7-9-18(17)26)12-31-22(35)24(3,4)25(27,28)29/h7-11,13-14H,5-6,12H2,1-4H3,(H,31,35)(H,32,33,34,36)/t14-/m0/s1. The lowest BCUT2D eigenvalue weighted by Gasteiger charge is -2.26. The second-order valence-electron chi connectivity index (χ2n) is 9.05. The Labute approximate surface area is 216 Å². The Morgan fingerprint density at radius 1 is 1.19 bits per heavy atom. The molecule has 1 atom stereocenters. The van der Waals surface area contributed by atoms with Crippen LogP contribution in [0, 0.1) is 5.41 Å². The van der Waals surface area contributed by atoms with E-state index in [0.29, 0.717) is 22.6 Å². The molecule has 3 aromatic rings. The van der Waals surface area contributed by atoms with Crippen LogP contribution in [-0.4, -0.2) is 38.1 Å². The largest absolute Gasteiger partial charge is 0.475 e. The fourth-order valence-electron chi connectivity index (χ4n) is 3.29. The first kappa shape index (κ1) is 28.1. The van der Waals surface area contributed by atoms with E-state index < -0.39 is 23.2 Å². The average Bonchev–Trinajstić information content (AvgIpc) is 2.82. The summed E-state index contributed by atoms with van der Waals surface area (Å²) in [5, 5.41) is 2.53. The molecule has 0 bridgehead atoms. The van der Waals surface area contributed by atoms with E-state index in [1.165, 1.54) is 18.3 Å². The number of nitrogens with one attached hydrogen (secondary N) is 2. The van der Waals surface area contributed by atoms with Crippen LogP contribution in [0.3, 0.4) is 0 Å². The first-order valence-corrected chi connectivity index (χ1v) is 11.9. The van der Waals surface area contributed by atoms with Gasteiger partial charge in [0.15, 0.2) is 5.82 Å². The maximum Gasteiger partial charge on any atom is 0.402 e. The van der Waals surface area contributed by atoms with Gasteiger partial charge in [-0.1, -0.05) is 31.0 Å². The van der Waals surface area contributed by atoms with Crippen molar-refractivity contribution in [3.05, 3.63) is 57.6 Å². The molecule has 0 aliphatic carbocycles. The number of carbonyl (C=O) groups is 1. The molecular formula is C25H27ClF3N5O3. The van der Waals surface area contributed by atoms with Crippen LogP contribution in [0.1, 0.15) is 46.1 Å². The molecule has 0 aliphatic heterocycles. The van der Waals surface area contributed by atoms with Crippen molar-refractivity contribution in [2.45, 2.75) is 59.4 Å². The molecule has 0 fully saturated rings. The summed E-state index contributed by atoms with van der Waals surface area (Å²) in [6.45, 7) is 5.44. The maximum atomic E-state index is 13.1. The van der Waals surface area contributed by atoms with Crippen molar-refractivity contribution in [2.75, 3.05) is 0 Å². The van der Waals surface area contributed by atoms with Crippen LogP contribution in [0.15, 0.2) is 41.3 Å². The highest BCUT2D eigenvalue weighted by Gasteiger charge is 2.52. The second-order valence-corrected chi connectivity index (χ2v) is 9.46. The van der Waals surface area contributed by atoms with Crippen molar-refractivity contribution in [1.82, 2.24) is 25.3 Å². The van der Waals surface area contributed by atoms with Gasteiger partial charge < -0.3 is 10.1 Å². The Balaban J connectivity index is 1.84. The predicted octanol–water partition coefficient (Wildman–Crippen LogP) is 5.32. The van der Waals surface area contributed by atoms with Crippen LogP contribution in [0.4, 0.5) is 13.2 Å². The highest BCUT2D eigenvalue weighted by Crippen LogP contribution is 2.37. The van der Waals surface area contributed by atoms with Gasteiger partial charge in [0.2, 0.25) is 11.8 Å². The minimum Gasteiger partial charge on any atom is -0.475 e. The van der Waals surface area contributed by atoms with E-state index in [-0.39, 0.29) is 29.3 Å². The van der Waals surface area contributed by atoms with Gasteiger partial charge in [-0.2, -0.15) is 18.2 Å². The van der Waals surface area contributed by atoms with Crippen molar-refractivity contribution < 1.29 is 22.7 Å². The van der Waals surface area contributed by atoms with Gasteiger partial charge in [0.05, 0.1) is 11.1 Å². The van der Waals surface area contributed by atoms with Gasteiger partial charge in [0.25, 0.3) is 0 Å². The van der Waals surface area contributed by atoms with E-state index in [4.69, 9.17) is 16.3 Å². The monoisotopic (exact) mass is 537 g/mol. The third-order valence-electron chi connectivity index (χ3n) is 5.68. The molecule has 37 heavy (non-hydrogen) atoms. The number of nitrogens with zero attached hydrogens (tertiary/aromatic N) is 3. The minimum atomic E-state index is -4.70. The van der Waals surface area contributed by atoms with Crippen molar-refractivity contribution in [1.29, 1.82) is 0 Å². The third-order valence-corrected chi connectivity index (χ3v) is 6.01. The molecule has 1 aromatic carbocycles. The number of H-pyrrole nitrogens is 1. The van der Waals surface area contributed by atoms with Gasteiger partial charge in [0, 0.05) is 29.9 Å². The molecule has 2 N–H and O–H groups in total. The summed E-state index contributed by atoms with van der Waals surface area (Å²) in [4.78, 5) is 39.5. The molecule has 0 unspecified atom stereocenters. The zero-order valence-electron chi connectivity index (χ0n) is 20.7. The Morgan fingerprint density at radius 3 is 2.54 bits per heavy atom. The highest BCUT2D eigenvalue weighted by atomic mass is 35.5. The lowest BCUT2D eigenvalue weighted by atomic mass is 9.91.